The first-order valence-electron chi connectivity index (χ1n) is 3.22. The summed E-state index contributed by atoms with van der Waals surface area (Å²) < 4.78 is 4.35. The number of nitrogens with one attached hydrogen (secondary N) is 1. The van der Waals surface area contributed by atoms with Crippen molar-refractivity contribution in [3.8, 4) is 0 Å². The molecule has 0 amide bonds. The molecule has 0 aliphatic carbocycles. The van der Waals surface area contributed by atoms with Gasteiger partial charge in [0.15, 0.2) is 6.10 Å². The zero-order valence-electron chi connectivity index (χ0n) is 5.83. The van der Waals surface area contributed by atoms with Crippen molar-refractivity contribution in [2.75, 3.05) is 20.2 Å². The van der Waals surface area contributed by atoms with E-state index in [1.807, 2.05) is 0 Å². The molecule has 1 aliphatic rings. The van der Waals surface area contributed by atoms with Gasteiger partial charge in [0, 0.05) is 19.0 Å². The molecule has 1 heterocycles. The number of ether oxygens (including phenoxy) is 1. The second kappa shape index (κ2) is 2.98. The predicted octanol–water partition coefficient (Wildman–Crippen LogP) is -1.26. The lowest BCUT2D eigenvalue weighted by atomic mass is 9.97. The molecule has 0 aromatic rings. The van der Waals surface area contributed by atoms with Crippen molar-refractivity contribution in [1.82, 2.24) is 5.32 Å². The quantitative estimate of drug-likeness (QED) is 0.476. The Bertz CT molecular complexity index is 133. The molecule has 0 aromatic heterocycles. The van der Waals surface area contributed by atoms with Gasteiger partial charge in [-0.05, 0) is 0 Å². The number of aliphatic hydroxyl groups is 1. The molecule has 4 heteroatoms. The molecule has 0 spiro atoms. The number of methoxy groups -OCH3 is 1. The van der Waals surface area contributed by atoms with Crippen LogP contribution in [-0.4, -0.2) is 37.4 Å². The maximum absolute atomic E-state index is 10.6. The van der Waals surface area contributed by atoms with Crippen LogP contribution in [0.25, 0.3) is 0 Å². The molecule has 1 saturated heterocycles. The van der Waals surface area contributed by atoms with E-state index in [0.717, 1.165) is 0 Å². The van der Waals surface area contributed by atoms with E-state index in [9.17, 15) is 4.79 Å². The van der Waals surface area contributed by atoms with E-state index in [4.69, 9.17) is 5.11 Å². The Balaban J connectivity index is 2.31. The predicted molar refractivity (Wildman–Crippen MR) is 34.4 cm³/mol. The zero-order chi connectivity index (χ0) is 7.56. The van der Waals surface area contributed by atoms with Crippen LogP contribution in [0.5, 0.6) is 0 Å². The molecule has 4 nitrogen and oxygen atoms in total. The molecule has 1 fully saturated rings. The van der Waals surface area contributed by atoms with E-state index in [1.165, 1.54) is 7.11 Å². The Labute approximate surface area is 59.2 Å². The number of hydrogen-bond donors (Lipinski definition) is 2. The SMILES string of the molecule is COC(=O)C(O)C1CNC1. The molecule has 0 radical (unpaired) electrons. The summed E-state index contributed by atoms with van der Waals surface area (Å²) in [6, 6.07) is 0. The Morgan fingerprint density at radius 3 is 2.70 bits per heavy atom. The standard InChI is InChI=1S/C6H11NO3/c1-10-6(9)5(8)4-2-7-3-4/h4-5,7-8H,2-3H2,1H3. The fourth-order valence-corrected chi connectivity index (χ4v) is 0.847. The van der Waals surface area contributed by atoms with Gasteiger partial charge in [-0.1, -0.05) is 0 Å². The number of esters is 1. The second-order valence-corrected chi connectivity index (χ2v) is 2.39. The second-order valence-electron chi connectivity index (χ2n) is 2.39. The highest BCUT2D eigenvalue weighted by Crippen LogP contribution is 2.09. The zero-order valence-corrected chi connectivity index (χ0v) is 5.83. The number of hydrogen-bond acceptors (Lipinski definition) is 4. The summed E-state index contributed by atoms with van der Waals surface area (Å²) in [6.07, 6.45) is -0.939. The maximum Gasteiger partial charge on any atom is 0.335 e. The first kappa shape index (κ1) is 7.50. The molecule has 1 rings (SSSR count). The minimum Gasteiger partial charge on any atom is -0.467 e. The van der Waals surface area contributed by atoms with Crippen LogP contribution in [-0.2, 0) is 9.53 Å². The van der Waals surface area contributed by atoms with Crippen LogP contribution in [0.2, 0.25) is 0 Å². The van der Waals surface area contributed by atoms with E-state index in [1.54, 1.807) is 0 Å². The fraction of sp³-hybridized carbons (Fsp3) is 0.833. The lowest BCUT2D eigenvalue weighted by Gasteiger charge is -2.29. The largest absolute Gasteiger partial charge is 0.467 e. The van der Waals surface area contributed by atoms with Gasteiger partial charge in [-0.25, -0.2) is 4.79 Å². The third-order valence-electron chi connectivity index (χ3n) is 1.70. The molecule has 2 N–H and O–H groups in total. The summed E-state index contributed by atoms with van der Waals surface area (Å²) in [7, 11) is 1.28. The maximum atomic E-state index is 10.6. The van der Waals surface area contributed by atoms with E-state index < -0.39 is 12.1 Å². The summed E-state index contributed by atoms with van der Waals surface area (Å²) >= 11 is 0. The number of rotatable bonds is 2. The van der Waals surface area contributed by atoms with Gasteiger partial charge in [0.05, 0.1) is 7.11 Å². The van der Waals surface area contributed by atoms with E-state index in [0.29, 0.717) is 13.1 Å². The summed E-state index contributed by atoms with van der Waals surface area (Å²) in [5, 5.41) is 12.1. The minimum atomic E-state index is -0.939. The van der Waals surface area contributed by atoms with Crippen LogP contribution in [0.15, 0.2) is 0 Å². The highest BCUT2D eigenvalue weighted by molar-refractivity contribution is 5.74. The Morgan fingerprint density at radius 1 is 1.80 bits per heavy atom. The van der Waals surface area contributed by atoms with Gasteiger partial charge in [-0.3, -0.25) is 0 Å². The van der Waals surface area contributed by atoms with E-state index >= 15 is 0 Å². The Morgan fingerprint density at radius 2 is 2.40 bits per heavy atom. The molecular weight excluding hydrogens is 134 g/mol. The van der Waals surface area contributed by atoms with Gasteiger partial charge in [0.2, 0.25) is 0 Å². The van der Waals surface area contributed by atoms with Crippen LogP contribution in [0.3, 0.4) is 0 Å². The Kier molecular flexibility index (Phi) is 2.24. The smallest absolute Gasteiger partial charge is 0.335 e. The van der Waals surface area contributed by atoms with E-state index in [-0.39, 0.29) is 5.92 Å². The van der Waals surface area contributed by atoms with Crippen molar-refractivity contribution in [3.63, 3.8) is 0 Å². The summed E-state index contributed by atoms with van der Waals surface area (Å²) in [4.78, 5) is 10.6. The molecule has 1 unspecified atom stereocenters. The van der Waals surface area contributed by atoms with Crippen molar-refractivity contribution in [2.45, 2.75) is 6.10 Å². The number of carbonyl (C=O) groups excluding carboxylic acids is 1. The molecule has 1 atom stereocenters. The van der Waals surface area contributed by atoms with Gasteiger partial charge < -0.3 is 15.2 Å². The van der Waals surface area contributed by atoms with Crippen molar-refractivity contribution >= 4 is 5.97 Å². The first-order chi connectivity index (χ1) is 4.75. The summed E-state index contributed by atoms with van der Waals surface area (Å²) in [5.41, 5.74) is 0. The first-order valence-corrected chi connectivity index (χ1v) is 3.22. The highest BCUT2D eigenvalue weighted by atomic mass is 16.5. The van der Waals surface area contributed by atoms with Crippen LogP contribution in [0, 0.1) is 5.92 Å². The van der Waals surface area contributed by atoms with E-state index in [2.05, 4.69) is 10.1 Å². The average Bonchev–Trinajstić information content (AvgIpc) is 1.82. The van der Waals surface area contributed by atoms with Gasteiger partial charge in [-0.2, -0.15) is 0 Å². The third-order valence-corrected chi connectivity index (χ3v) is 1.70. The molecule has 0 aromatic carbocycles. The molecule has 58 valence electrons. The topological polar surface area (TPSA) is 58.6 Å². The normalized spacial score (nSPS) is 21.4. The number of aliphatic hydroxyl groups excluding tert-OH is 1. The van der Waals surface area contributed by atoms with Crippen molar-refractivity contribution < 1.29 is 14.6 Å². The van der Waals surface area contributed by atoms with Gasteiger partial charge in [-0.15, -0.1) is 0 Å². The lowest BCUT2D eigenvalue weighted by Crippen LogP contribution is -2.51. The van der Waals surface area contributed by atoms with Gasteiger partial charge in [0.1, 0.15) is 0 Å². The van der Waals surface area contributed by atoms with Crippen molar-refractivity contribution in [2.24, 2.45) is 5.92 Å². The van der Waals surface area contributed by atoms with Crippen LogP contribution in [0.4, 0.5) is 0 Å². The minimum absolute atomic E-state index is 0.0486. The van der Waals surface area contributed by atoms with Gasteiger partial charge >= 0.3 is 5.97 Å². The average molecular weight is 145 g/mol. The number of carbonyl (C=O) groups is 1. The van der Waals surface area contributed by atoms with Crippen LogP contribution in [0.1, 0.15) is 0 Å². The molecule has 10 heavy (non-hydrogen) atoms. The molecule has 0 bridgehead atoms. The molecular formula is C6H11NO3. The Hall–Kier alpha value is -0.610. The monoisotopic (exact) mass is 145 g/mol. The van der Waals surface area contributed by atoms with Crippen molar-refractivity contribution in [3.05, 3.63) is 0 Å². The van der Waals surface area contributed by atoms with Crippen molar-refractivity contribution in [1.29, 1.82) is 0 Å². The van der Waals surface area contributed by atoms with Gasteiger partial charge in [0.25, 0.3) is 0 Å². The summed E-state index contributed by atoms with van der Waals surface area (Å²) in [6.45, 7) is 1.41. The third kappa shape index (κ3) is 1.27. The molecule has 1 aliphatic heterocycles. The van der Waals surface area contributed by atoms with Crippen LogP contribution < -0.4 is 5.32 Å². The van der Waals surface area contributed by atoms with Crippen LogP contribution >= 0.6 is 0 Å². The molecule has 0 saturated carbocycles. The highest BCUT2D eigenvalue weighted by Gasteiger charge is 2.31. The lowest BCUT2D eigenvalue weighted by molar-refractivity contribution is -0.154. The fourth-order valence-electron chi connectivity index (χ4n) is 0.847. The summed E-state index contributed by atoms with van der Waals surface area (Å²) in [5.74, 6) is -0.487.